The van der Waals surface area contributed by atoms with Crippen LogP contribution in [0.25, 0.3) is 0 Å². The zero-order valence-corrected chi connectivity index (χ0v) is 15.0. The third kappa shape index (κ3) is 4.88. The third-order valence-electron chi connectivity index (χ3n) is 4.57. The van der Waals surface area contributed by atoms with Crippen molar-refractivity contribution in [1.82, 2.24) is 4.98 Å². The molecule has 138 valence electrons. The minimum Gasteiger partial charge on any atom is -0.493 e. The summed E-state index contributed by atoms with van der Waals surface area (Å²) in [4.78, 5) is 19.5. The van der Waals surface area contributed by atoms with Crippen molar-refractivity contribution in [2.75, 3.05) is 42.6 Å². The van der Waals surface area contributed by atoms with Gasteiger partial charge in [-0.05, 0) is 36.4 Å². The van der Waals surface area contributed by atoms with E-state index in [1.165, 1.54) is 11.4 Å². The number of ether oxygens (including phenoxy) is 1. The molecule has 0 saturated carbocycles. The molecule has 1 atom stereocenters. The van der Waals surface area contributed by atoms with E-state index in [-0.39, 0.29) is 12.3 Å². The Labute approximate surface area is 154 Å². The number of anilines is 2. The predicted octanol–water partition coefficient (Wildman–Crippen LogP) is 2.90. The maximum atomic E-state index is 10.7. The van der Waals surface area contributed by atoms with Gasteiger partial charge in [0.1, 0.15) is 5.75 Å². The highest BCUT2D eigenvalue weighted by atomic mass is 16.5. The maximum absolute atomic E-state index is 10.7. The molecular formula is C20H25N3O3. The molecule has 0 amide bonds. The lowest BCUT2D eigenvalue weighted by atomic mass is 10.1. The number of aromatic nitrogens is 1. The van der Waals surface area contributed by atoms with Gasteiger partial charge in [-0.2, -0.15) is 0 Å². The number of nitrogens with zero attached hydrogens (tertiary/aromatic N) is 3. The fourth-order valence-corrected chi connectivity index (χ4v) is 3.13. The van der Waals surface area contributed by atoms with Gasteiger partial charge in [0.2, 0.25) is 0 Å². The second-order valence-electron chi connectivity index (χ2n) is 6.69. The van der Waals surface area contributed by atoms with E-state index in [9.17, 15) is 4.79 Å². The van der Waals surface area contributed by atoms with Gasteiger partial charge in [-0.1, -0.05) is 6.92 Å². The smallest absolute Gasteiger partial charge is 0.303 e. The Hall–Kier alpha value is -2.76. The molecular weight excluding hydrogens is 330 g/mol. The van der Waals surface area contributed by atoms with Gasteiger partial charge in [0, 0.05) is 55.9 Å². The van der Waals surface area contributed by atoms with Gasteiger partial charge < -0.3 is 19.6 Å². The first-order valence-electron chi connectivity index (χ1n) is 8.96. The van der Waals surface area contributed by atoms with Crippen LogP contribution in [-0.2, 0) is 4.79 Å². The molecule has 0 radical (unpaired) electrons. The average molecular weight is 355 g/mol. The molecule has 3 rings (SSSR count). The van der Waals surface area contributed by atoms with Crippen LogP contribution in [0.1, 0.15) is 13.3 Å². The molecule has 2 heterocycles. The molecule has 2 aromatic rings. The van der Waals surface area contributed by atoms with E-state index in [0.29, 0.717) is 6.61 Å². The molecule has 6 nitrogen and oxygen atoms in total. The van der Waals surface area contributed by atoms with Gasteiger partial charge in [0.25, 0.3) is 0 Å². The van der Waals surface area contributed by atoms with Gasteiger partial charge in [-0.3, -0.25) is 9.78 Å². The van der Waals surface area contributed by atoms with Crippen LogP contribution in [0.5, 0.6) is 5.75 Å². The van der Waals surface area contributed by atoms with Crippen LogP contribution < -0.4 is 14.5 Å². The second kappa shape index (κ2) is 8.56. The topological polar surface area (TPSA) is 65.9 Å². The number of carboxylic acids is 1. The van der Waals surface area contributed by atoms with E-state index >= 15 is 0 Å². The zero-order chi connectivity index (χ0) is 18.4. The van der Waals surface area contributed by atoms with Crippen molar-refractivity contribution < 1.29 is 14.6 Å². The first-order chi connectivity index (χ1) is 12.6. The highest BCUT2D eigenvalue weighted by molar-refractivity contribution is 5.66. The normalized spacial score (nSPS) is 15.6. The summed E-state index contributed by atoms with van der Waals surface area (Å²) in [5.74, 6) is -0.0165. The number of pyridine rings is 1. The van der Waals surface area contributed by atoms with Crippen LogP contribution in [-0.4, -0.2) is 48.8 Å². The molecule has 1 N–H and O–H groups in total. The molecule has 0 unspecified atom stereocenters. The Morgan fingerprint density at radius 3 is 2.12 bits per heavy atom. The average Bonchev–Trinajstić information content (AvgIpc) is 2.67. The lowest BCUT2D eigenvalue weighted by Crippen LogP contribution is -2.46. The first-order valence-corrected chi connectivity index (χ1v) is 8.96. The summed E-state index contributed by atoms with van der Waals surface area (Å²) in [6, 6.07) is 12.1. The monoisotopic (exact) mass is 355 g/mol. The standard InChI is InChI=1S/C20H25N3O3/c1-16(14-20(24)25)15-26-19-4-2-17(3-5-19)22-10-12-23(13-11-22)18-6-8-21-9-7-18/h2-9,16H,10-15H2,1H3,(H,24,25)/t16-/m0/s1. The maximum Gasteiger partial charge on any atom is 0.303 e. The molecule has 6 heteroatoms. The van der Waals surface area contributed by atoms with Crippen molar-refractivity contribution in [3.05, 3.63) is 48.8 Å². The molecule has 26 heavy (non-hydrogen) atoms. The van der Waals surface area contributed by atoms with Gasteiger partial charge in [0.15, 0.2) is 0 Å². The molecule has 1 saturated heterocycles. The van der Waals surface area contributed by atoms with Crippen LogP contribution in [0.15, 0.2) is 48.8 Å². The van der Waals surface area contributed by atoms with Gasteiger partial charge >= 0.3 is 5.97 Å². The summed E-state index contributed by atoms with van der Waals surface area (Å²) in [6.45, 7) is 6.20. The molecule has 1 aromatic carbocycles. The minimum absolute atomic E-state index is 0.00607. The van der Waals surface area contributed by atoms with E-state index < -0.39 is 5.97 Å². The highest BCUT2D eigenvalue weighted by Gasteiger charge is 2.17. The van der Waals surface area contributed by atoms with E-state index in [1.807, 2.05) is 43.6 Å². The molecule has 1 fully saturated rings. The van der Waals surface area contributed by atoms with Crippen molar-refractivity contribution in [2.24, 2.45) is 5.92 Å². The Balaban J connectivity index is 1.49. The Morgan fingerprint density at radius 1 is 1.04 bits per heavy atom. The number of carbonyl (C=O) groups is 1. The minimum atomic E-state index is -0.789. The molecule has 1 aromatic heterocycles. The summed E-state index contributed by atoms with van der Waals surface area (Å²) in [7, 11) is 0. The van der Waals surface area contributed by atoms with Gasteiger partial charge in [-0.15, -0.1) is 0 Å². The summed E-state index contributed by atoms with van der Waals surface area (Å²) in [6.07, 6.45) is 3.79. The Bertz CT molecular complexity index is 698. The van der Waals surface area contributed by atoms with Crippen molar-refractivity contribution in [1.29, 1.82) is 0 Å². The Morgan fingerprint density at radius 2 is 1.58 bits per heavy atom. The number of hydrogen-bond acceptors (Lipinski definition) is 5. The summed E-state index contributed by atoms with van der Waals surface area (Å²) in [5, 5.41) is 8.79. The number of rotatable bonds is 7. The fourth-order valence-electron chi connectivity index (χ4n) is 3.13. The van der Waals surface area contributed by atoms with E-state index in [1.54, 1.807) is 0 Å². The van der Waals surface area contributed by atoms with Gasteiger partial charge in [0.05, 0.1) is 13.0 Å². The van der Waals surface area contributed by atoms with Crippen LogP contribution in [0.4, 0.5) is 11.4 Å². The van der Waals surface area contributed by atoms with Crippen molar-refractivity contribution in [3.63, 3.8) is 0 Å². The highest BCUT2D eigenvalue weighted by Crippen LogP contribution is 2.23. The van der Waals surface area contributed by atoms with Crippen molar-refractivity contribution in [3.8, 4) is 5.75 Å². The second-order valence-corrected chi connectivity index (χ2v) is 6.69. The molecule has 1 aliphatic heterocycles. The van der Waals surface area contributed by atoms with Crippen LogP contribution in [0.3, 0.4) is 0 Å². The summed E-state index contributed by atoms with van der Waals surface area (Å²) < 4.78 is 5.69. The van der Waals surface area contributed by atoms with Gasteiger partial charge in [-0.25, -0.2) is 0 Å². The third-order valence-corrected chi connectivity index (χ3v) is 4.57. The largest absolute Gasteiger partial charge is 0.493 e. The lowest BCUT2D eigenvalue weighted by Gasteiger charge is -2.37. The molecule has 0 bridgehead atoms. The zero-order valence-electron chi connectivity index (χ0n) is 15.0. The predicted molar refractivity (Wildman–Crippen MR) is 102 cm³/mol. The fraction of sp³-hybridized carbons (Fsp3) is 0.400. The Kier molecular flexibility index (Phi) is 5.94. The number of piperazine rings is 1. The van der Waals surface area contributed by atoms with E-state index in [4.69, 9.17) is 9.84 Å². The number of aliphatic carboxylic acids is 1. The van der Waals surface area contributed by atoms with E-state index in [0.717, 1.165) is 31.9 Å². The van der Waals surface area contributed by atoms with Crippen molar-refractivity contribution >= 4 is 17.3 Å². The molecule has 0 spiro atoms. The SMILES string of the molecule is C[C@H](COc1ccc(N2CCN(c3ccncc3)CC2)cc1)CC(=O)O. The molecule has 1 aliphatic rings. The summed E-state index contributed by atoms with van der Waals surface area (Å²) >= 11 is 0. The van der Waals surface area contributed by atoms with Crippen LogP contribution >= 0.6 is 0 Å². The molecule has 0 aliphatic carbocycles. The summed E-state index contributed by atoms with van der Waals surface area (Å²) in [5.41, 5.74) is 2.41. The quantitative estimate of drug-likeness (QED) is 0.824. The number of carboxylic acid groups (broad SMARTS) is 1. The lowest BCUT2D eigenvalue weighted by molar-refractivity contribution is -0.138. The number of hydrogen-bond donors (Lipinski definition) is 1. The first kappa shape index (κ1) is 18.0. The van der Waals surface area contributed by atoms with Crippen molar-refractivity contribution in [2.45, 2.75) is 13.3 Å². The number of benzene rings is 1. The van der Waals surface area contributed by atoms with E-state index in [2.05, 4.69) is 26.9 Å². The van der Waals surface area contributed by atoms with Crippen LogP contribution in [0, 0.1) is 5.92 Å². The van der Waals surface area contributed by atoms with Crippen LogP contribution in [0.2, 0.25) is 0 Å².